The number of fused-ring (bicyclic) bond motifs is 1. The van der Waals surface area contributed by atoms with Crippen molar-refractivity contribution in [3.63, 3.8) is 0 Å². The summed E-state index contributed by atoms with van der Waals surface area (Å²) in [7, 11) is 1.67. The molecule has 3 N–H and O–H groups in total. The SMILES string of the molecule is CNC(=O)C1CCC(n2cnc3c(N)nc(C#Cc4ccccn4)nc32)C1. The highest BCUT2D eigenvalue weighted by atomic mass is 16.1. The fraction of sp³-hybridized carbons (Fsp3) is 0.316. The van der Waals surface area contributed by atoms with Gasteiger partial charge in [0.15, 0.2) is 11.5 Å². The van der Waals surface area contributed by atoms with Gasteiger partial charge in [0.05, 0.1) is 6.33 Å². The lowest BCUT2D eigenvalue weighted by Gasteiger charge is -2.13. The van der Waals surface area contributed by atoms with Gasteiger partial charge in [-0.1, -0.05) is 6.07 Å². The van der Waals surface area contributed by atoms with Crippen LogP contribution in [0.4, 0.5) is 5.82 Å². The van der Waals surface area contributed by atoms with Crippen molar-refractivity contribution >= 4 is 22.9 Å². The molecule has 8 nitrogen and oxygen atoms in total. The molecule has 0 bridgehead atoms. The predicted octanol–water partition coefficient (Wildman–Crippen LogP) is 1.29. The van der Waals surface area contributed by atoms with Crippen molar-refractivity contribution in [2.75, 3.05) is 12.8 Å². The third-order valence-corrected chi connectivity index (χ3v) is 4.83. The van der Waals surface area contributed by atoms with E-state index in [1.807, 2.05) is 22.8 Å². The number of hydrogen-bond donors (Lipinski definition) is 2. The summed E-state index contributed by atoms with van der Waals surface area (Å²) in [5, 5.41) is 2.73. The van der Waals surface area contributed by atoms with E-state index in [0.29, 0.717) is 28.5 Å². The zero-order valence-electron chi connectivity index (χ0n) is 14.9. The quantitative estimate of drug-likeness (QED) is 0.665. The van der Waals surface area contributed by atoms with Crippen LogP contribution < -0.4 is 11.1 Å². The van der Waals surface area contributed by atoms with Gasteiger partial charge < -0.3 is 15.6 Å². The summed E-state index contributed by atoms with van der Waals surface area (Å²) in [4.78, 5) is 29.2. The zero-order valence-corrected chi connectivity index (χ0v) is 14.9. The third-order valence-electron chi connectivity index (χ3n) is 4.83. The lowest BCUT2D eigenvalue weighted by Crippen LogP contribution is -2.25. The summed E-state index contributed by atoms with van der Waals surface area (Å²) >= 11 is 0. The first-order valence-corrected chi connectivity index (χ1v) is 8.80. The molecule has 0 saturated heterocycles. The monoisotopic (exact) mass is 361 g/mol. The number of pyridine rings is 1. The van der Waals surface area contributed by atoms with Gasteiger partial charge in [-0.05, 0) is 43.2 Å². The maximum Gasteiger partial charge on any atom is 0.222 e. The van der Waals surface area contributed by atoms with Gasteiger partial charge in [0, 0.05) is 25.2 Å². The Morgan fingerprint density at radius 1 is 1.26 bits per heavy atom. The number of rotatable bonds is 2. The smallest absolute Gasteiger partial charge is 0.222 e. The number of hydrogen-bond acceptors (Lipinski definition) is 6. The highest BCUT2D eigenvalue weighted by Crippen LogP contribution is 2.36. The van der Waals surface area contributed by atoms with E-state index in [4.69, 9.17) is 5.73 Å². The fourth-order valence-electron chi connectivity index (χ4n) is 3.47. The van der Waals surface area contributed by atoms with Crippen LogP contribution in [0.15, 0.2) is 30.7 Å². The Morgan fingerprint density at radius 3 is 2.93 bits per heavy atom. The van der Waals surface area contributed by atoms with E-state index in [-0.39, 0.29) is 17.9 Å². The predicted molar refractivity (Wildman–Crippen MR) is 100 cm³/mol. The van der Waals surface area contributed by atoms with Gasteiger partial charge in [-0.3, -0.25) is 4.79 Å². The molecule has 2 atom stereocenters. The molecular formula is C19H19N7O. The molecular weight excluding hydrogens is 342 g/mol. The molecule has 3 aromatic heterocycles. The number of nitrogens with one attached hydrogen (secondary N) is 1. The van der Waals surface area contributed by atoms with Crippen LogP contribution >= 0.6 is 0 Å². The molecule has 3 aromatic rings. The summed E-state index contributed by atoms with van der Waals surface area (Å²) in [6.45, 7) is 0. The first-order valence-electron chi connectivity index (χ1n) is 8.80. The minimum absolute atomic E-state index is 0.0139. The Bertz CT molecular complexity index is 1050. The zero-order chi connectivity index (χ0) is 18.8. The average Bonchev–Trinajstić information content (AvgIpc) is 3.33. The van der Waals surface area contributed by atoms with Crippen LogP contribution in [0.5, 0.6) is 0 Å². The molecule has 1 fully saturated rings. The topological polar surface area (TPSA) is 112 Å². The number of carbonyl (C=O) groups excluding carboxylic acids is 1. The number of carbonyl (C=O) groups is 1. The number of amides is 1. The number of aromatic nitrogens is 5. The Labute approximate surface area is 156 Å². The molecule has 2 unspecified atom stereocenters. The summed E-state index contributed by atoms with van der Waals surface area (Å²) < 4.78 is 1.99. The van der Waals surface area contributed by atoms with Crippen molar-refractivity contribution in [3.8, 4) is 11.8 Å². The van der Waals surface area contributed by atoms with Gasteiger partial charge in [0.2, 0.25) is 11.7 Å². The van der Waals surface area contributed by atoms with Gasteiger partial charge >= 0.3 is 0 Å². The minimum atomic E-state index is 0.0139. The van der Waals surface area contributed by atoms with Crippen molar-refractivity contribution in [1.82, 2.24) is 29.8 Å². The Kier molecular flexibility index (Phi) is 4.42. The molecule has 8 heteroatoms. The highest BCUT2D eigenvalue weighted by Gasteiger charge is 2.31. The maximum absolute atomic E-state index is 11.9. The second-order valence-corrected chi connectivity index (χ2v) is 6.50. The molecule has 0 aromatic carbocycles. The van der Waals surface area contributed by atoms with E-state index < -0.39 is 0 Å². The van der Waals surface area contributed by atoms with Crippen LogP contribution in [0, 0.1) is 17.8 Å². The molecule has 3 heterocycles. The normalized spacial score (nSPS) is 18.9. The van der Waals surface area contributed by atoms with Crippen molar-refractivity contribution < 1.29 is 4.79 Å². The Hall–Kier alpha value is -3.47. The molecule has 1 saturated carbocycles. The largest absolute Gasteiger partial charge is 0.382 e. The number of nitrogens with two attached hydrogens (primary N) is 1. The van der Waals surface area contributed by atoms with E-state index in [1.165, 1.54) is 0 Å². The van der Waals surface area contributed by atoms with Crippen molar-refractivity contribution in [1.29, 1.82) is 0 Å². The summed E-state index contributed by atoms with van der Waals surface area (Å²) in [5.41, 5.74) is 7.90. The van der Waals surface area contributed by atoms with Gasteiger partial charge in [0.1, 0.15) is 11.2 Å². The van der Waals surface area contributed by atoms with Crippen LogP contribution in [0.2, 0.25) is 0 Å². The van der Waals surface area contributed by atoms with E-state index in [0.717, 1.165) is 19.3 Å². The van der Waals surface area contributed by atoms with E-state index in [1.54, 1.807) is 19.6 Å². The lowest BCUT2D eigenvalue weighted by atomic mass is 10.1. The van der Waals surface area contributed by atoms with Crippen molar-refractivity contribution in [2.45, 2.75) is 25.3 Å². The summed E-state index contributed by atoms with van der Waals surface area (Å²) in [5.74, 6) is 6.58. The van der Waals surface area contributed by atoms with E-state index in [2.05, 4.69) is 37.1 Å². The fourth-order valence-corrected chi connectivity index (χ4v) is 3.47. The molecule has 0 radical (unpaired) electrons. The Morgan fingerprint density at radius 2 is 2.15 bits per heavy atom. The number of nitrogen functional groups attached to an aromatic ring is 1. The van der Waals surface area contributed by atoms with Crippen LogP contribution in [0.25, 0.3) is 11.2 Å². The molecule has 136 valence electrons. The molecule has 1 aliphatic carbocycles. The van der Waals surface area contributed by atoms with E-state index >= 15 is 0 Å². The first-order chi connectivity index (χ1) is 13.2. The molecule has 1 amide bonds. The van der Waals surface area contributed by atoms with Crippen LogP contribution in [0.3, 0.4) is 0 Å². The first kappa shape index (κ1) is 17.0. The van der Waals surface area contributed by atoms with Crippen LogP contribution in [-0.2, 0) is 4.79 Å². The van der Waals surface area contributed by atoms with Crippen LogP contribution in [-0.4, -0.2) is 37.5 Å². The van der Waals surface area contributed by atoms with E-state index in [9.17, 15) is 4.79 Å². The average molecular weight is 361 g/mol. The van der Waals surface area contributed by atoms with Gasteiger partial charge in [-0.15, -0.1) is 0 Å². The summed E-state index contributed by atoms with van der Waals surface area (Å²) in [6.07, 6.45) is 5.90. The maximum atomic E-state index is 11.9. The lowest BCUT2D eigenvalue weighted by molar-refractivity contribution is -0.124. The second-order valence-electron chi connectivity index (χ2n) is 6.50. The third kappa shape index (κ3) is 3.31. The number of imidazole rings is 1. The van der Waals surface area contributed by atoms with Crippen molar-refractivity contribution in [3.05, 3.63) is 42.2 Å². The minimum Gasteiger partial charge on any atom is -0.382 e. The summed E-state index contributed by atoms with van der Waals surface area (Å²) in [6, 6.07) is 5.67. The van der Waals surface area contributed by atoms with Gasteiger partial charge in [0.25, 0.3) is 0 Å². The standard InChI is InChI=1S/C19H19N7O/c1-21-19(27)12-5-7-14(10-12)26-11-23-16-17(20)24-15(25-18(16)26)8-6-13-4-2-3-9-22-13/h2-4,9,11-12,14H,5,7,10H2,1H3,(H,21,27)(H2,20,24,25). The van der Waals surface area contributed by atoms with Crippen molar-refractivity contribution in [2.24, 2.45) is 5.92 Å². The van der Waals surface area contributed by atoms with Gasteiger partial charge in [-0.2, -0.15) is 0 Å². The highest BCUT2D eigenvalue weighted by molar-refractivity contribution is 5.82. The molecule has 4 rings (SSSR count). The second kappa shape index (κ2) is 7.03. The number of nitrogens with zero attached hydrogens (tertiary/aromatic N) is 5. The molecule has 0 aliphatic heterocycles. The van der Waals surface area contributed by atoms with Crippen LogP contribution in [0.1, 0.15) is 36.8 Å². The molecule has 1 aliphatic rings. The molecule has 27 heavy (non-hydrogen) atoms. The molecule has 0 spiro atoms. The Balaban J connectivity index is 1.67. The van der Waals surface area contributed by atoms with Gasteiger partial charge in [-0.25, -0.2) is 19.9 Å². The number of anilines is 1.